The molecule has 3 aliphatic rings. The summed E-state index contributed by atoms with van der Waals surface area (Å²) < 4.78 is 10.7. The summed E-state index contributed by atoms with van der Waals surface area (Å²) in [6, 6.07) is -0.916. The molecule has 2 saturated carbocycles. The second-order valence-corrected chi connectivity index (χ2v) is 10.7. The molecule has 7 atom stereocenters. The van der Waals surface area contributed by atoms with E-state index in [0.717, 1.165) is 24.8 Å². The number of cyclic esters (lactones) is 1. The van der Waals surface area contributed by atoms with Crippen LogP contribution in [0.3, 0.4) is 0 Å². The number of ether oxygens (including phenoxy) is 2. The van der Waals surface area contributed by atoms with Gasteiger partial charge >= 0.3 is 11.9 Å². The van der Waals surface area contributed by atoms with E-state index in [2.05, 4.69) is 31.4 Å². The van der Waals surface area contributed by atoms with Gasteiger partial charge in [-0.1, -0.05) is 32.1 Å². The fourth-order valence-electron chi connectivity index (χ4n) is 6.30. The molecular weight excluding hydrogens is 458 g/mol. The van der Waals surface area contributed by atoms with Gasteiger partial charge in [-0.15, -0.1) is 0 Å². The Morgan fingerprint density at radius 2 is 2.09 bits per heavy atom. The van der Waals surface area contributed by atoms with Crippen LogP contribution in [-0.4, -0.2) is 65.3 Å². The second-order valence-electron chi connectivity index (χ2n) is 10.4. The van der Waals surface area contributed by atoms with Gasteiger partial charge in [0.15, 0.2) is 6.10 Å². The third kappa shape index (κ3) is 4.93. The van der Waals surface area contributed by atoms with E-state index in [0.29, 0.717) is 12.8 Å². The second kappa shape index (κ2) is 10.4. The molecule has 1 aliphatic heterocycles. The zero-order chi connectivity index (χ0) is 25.3. The molecule has 0 aromatic carbocycles. The van der Waals surface area contributed by atoms with Gasteiger partial charge < -0.3 is 25.0 Å². The molecule has 0 spiro atoms. The van der Waals surface area contributed by atoms with Crippen molar-refractivity contribution < 1.29 is 34.1 Å². The largest absolute Gasteiger partial charge is 0.458 e. The molecule has 0 bridgehead atoms. The minimum Gasteiger partial charge on any atom is -0.458 e. The van der Waals surface area contributed by atoms with Crippen LogP contribution in [0.15, 0.2) is 23.8 Å². The Bertz CT molecular complexity index is 873. The van der Waals surface area contributed by atoms with Crippen molar-refractivity contribution in [1.29, 1.82) is 0 Å². The number of carbonyl (C=O) groups is 3. The minimum atomic E-state index is -0.916. The Morgan fingerprint density at radius 1 is 1.38 bits per heavy atom. The number of rotatable bonds is 7. The minimum absolute atomic E-state index is 0.0476. The molecular formula is C25H37NO7S. The average molecular weight is 496 g/mol. The lowest BCUT2D eigenvalue weighted by Crippen LogP contribution is -2.57. The fraction of sp³-hybridized carbons (Fsp3) is 0.720. The number of hydrogen-bond donors (Lipinski definition) is 4. The van der Waals surface area contributed by atoms with Crippen molar-refractivity contribution in [3.05, 3.63) is 23.8 Å². The molecule has 9 heteroatoms. The van der Waals surface area contributed by atoms with Crippen LogP contribution in [0.5, 0.6) is 0 Å². The van der Waals surface area contributed by atoms with Crippen molar-refractivity contribution in [2.75, 3.05) is 19.0 Å². The van der Waals surface area contributed by atoms with Gasteiger partial charge in [0.2, 0.25) is 5.91 Å². The van der Waals surface area contributed by atoms with Crippen LogP contribution in [0.4, 0.5) is 0 Å². The molecule has 1 saturated heterocycles. The predicted molar refractivity (Wildman–Crippen MR) is 129 cm³/mol. The Morgan fingerprint density at radius 3 is 2.71 bits per heavy atom. The predicted octanol–water partition coefficient (Wildman–Crippen LogP) is 1.95. The maximum absolute atomic E-state index is 12.5. The first-order chi connectivity index (χ1) is 16.0. The molecule has 8 nitrogen and oxygen atoms in total. The van der Waals surface area contributed by atoms with Gasteiger partial charge in [0, 0.05) is 18.1 Å². The van der Waals surface area contributed by atoms with Crippen molar-refractivity contribution in [2.24, 2.45) is 22.7 Å². The number of thiol groups is 1. The summed E-state index contributed by atoms with van der Waals surface area (Å²) in [6.45, 7) is 9.61. The van der Waals surface area contributed by atoms with Crippen LogP contribution in [0.25, 0.3) is 0 Å². The van der Waals surface area contributed by atoms with Crippen LogP contribution in [0, 0.1) is 22.7 Å². The maximum atomic E-state index is 12.5. The number of allylic oxidation sites excluding steroid dienone is 2. The first kappa shape index (κ1) is 26.8. The first-order valence-electron chi connectivity index (χ1n) is 11.9. The van der Waals surface area contributed by atoms with Gasteiger partial charge in [-0.25, -0.2) is 9.59 Å². The van der Waals surface area contributed by atoms with Crippen LogP contribution in [0.1, 0.15) is 52.9 Å². The van der Waals surface area contributed by atoms with Crippen molar-refractivity contribution in [1.82, 2.24) is 5.32 Å². The van der Waals surface area contributed by atoms with Crippen LogP contribution >= 0.6 is 12.6 Å². The highest BCUT2D eigenvalue weighted by Gasteiger charge is 2.57. The summed E-state index contributed by atoms with van der Waals surface area (Å²) >= 11 is 4.09. The topological polar surface area (TPSA) is 122 Å². The summed E-state index contributed by atoms with van der Waals surface area (Å²) in [6.07, 6.45) is 3.93. The van der Waals surface area contributed by atoms with E-state index in [1.807, 2.05) is 6.92 Å². The number of hydrogen-bond acceptors (Lipinski definition) is 8. The van der Waals surface area contributed by atoms with Crippen molar-refractivity contribution in [3.63, 3.8) is 0 Å². The van der Waals surface area contributed by atoms with Crippen LogP contribution in [-0.2, 0) is 23.9 Å². The van der Waals surface area contributed by atoms with Crippen molar-refractivity contribution >= 4 is 30.5 Å². The average Bonchev–Trinajstić information content (AvgIpc) is 3.13. The Labute approximate surface area is 206 Å². The van der Waals surface area contributed by atoms with Crippen molar-refractivity contribution in [3.8, 4) is 0 Å². The number of nitrogens with one attached hydrogen (secondary N) is 1. The summed E-state index contributed by atoms with van der Waals surface area (Å²) in [4.78, 5) is 36.3. The lowest BCUT2D eigenvalue weighted by Gasteiger charge is -2.59. The molecule has 3 fully saturated rings. The maximum Gasteiger partial charge on any atom is 0.337 e. The third-order valence-electron chi connectivity index (χ3n) is 8.32. The number of esters is 2. The third-order valence-corrected chi connectivity index (χ3v) is 8.68. The quantitative estimate of drug-likeness (QED) is 0.184. The van der Waals surface area contributed by atoms with Gasteiger partial charge in [-0.3, -0.25) is 4.79 Å². The molecule has 1 heterocycles. The highest BCUT2D eigenvalue weighted by molar-refractivity contribution is 7.80. The molecule has 3 rings (SSSR count). The van der Waals surface area contributed by atoms with Gasteiger partial charge in [-0.05, 0) is 49.4 Å². The number of aliphatic hydroxyl groups is 2. The molecule has 1 amide bonds. The Hall–Kier alpha value is -1.84. The van der Waals surface area contributed by atoms with E-state index in [1.165, 1.54) is 6.92 Å². The summed E-state index contributed by atoms with van der Waals surface area (Å²) in [7, 11) is 0. The van der Waals surface area contributed by atoms with E-state index >= 15 is 0 Å². The standard InChI is InChI=1S/C25H37NO7S/c1-14-5-8-20-24(3,10-9-21(29)25(20,4)13-27)17(14)7-6-16-19(11-32-22(16)30)33-23(31)18(12-34)26-15(2)28/h6,17-21,27,29,34H,1,5,7-13H2,2-4H3,(H,26,28)/b16-6-/t17?,18?,19?,20?,21?,24?,25-/m0/s1. The lowest BCUT2D eigenvalue weighted by molar-refractivity contribution is -0.151. The highest BCUT2D eigenvalue weighted by atomic mass is 32.1. The van der Waals surface area contributed by atoms with Gasteiger partial charge in [0.05, 0.1) is 18.3 Å². The molecule has 3 N–H and O–H groups in total. The van der Waals surface area contributed by atoms with E-state index in [4.69, 9.17) is 9.47 Å². The molecule has 190 valence electrons. The molecule has 6 unspecified atom stereocenters. The number of carbonyl (C=O) groups excluding carboxylic acids is 3. The SMILES string of the molecule is C=C1CCC2C(C)(CCC(O)[C@@]2(C)CO)C1C/C=C1\C(=O)OCC1OC(=O)C(CS)NC(C)=O. The number of fused-ring (bicyclic) bond motifs is 1. The molecule has 2 aliphatic carbocycles. The van der Waals surface area contributed by atoms with Gasteiger partial charge in [-0.2, -0.15) is 12.6 Å². The van der Waals surface area contributed by atoms with E-state index < -0.39 is 35.6 Å². The van der Waals surface area contributed by atoms with E-state index in [9.17, 15) is 24.6 Å². The van der Waals surface area contributed by atoms with E-state index in [1.54, 1.807) is 6.08 Å². The Balaban J connectivity index is 1.80. The van der Waals surface area contributed by atoms with E-state index in [-0.39, 0.29) is 47.7 Å². The summed E-state index contributed by atoms with van der Waals surface area (Å²) in [5, 5.41) is 23.3. The zero-order valence-corrected chi connectivity index (χ0v) is 21.1. The van der Waals surface area contributed by atoms with Crippen LogP contribution in [0.2, 0.25) is 0 Å². The van der Waals surface area contributed by atoms with Gasteiger partial charge in [0.25, 0.3) is 0 Å². The fourth-order valence-corrected chi connectivity index (χ4v) is 6.54. The normalized spacial score (nSPS) is 37.6. The lowest BCUT2D eigenvalue weighted by atomic mass is 9.46. The van der Waals surface area contributed by atoms with Crippen LogP contribution < -0.4 is 5.32 Å². The molecule has 0 aromatic rings. The van der Waals surface area contributed by atoms with Crippen molar-refractivity contribution in [2.45, 2.75) is 71.1 Å². The number of aliphatic hydroxyl groups excluding tert-OH is 2. The zero-order valence-electron chi connectivity index (χ0n) is 20.2. The molecule has 0 aromatic heterocycles. The molecule has 0 radical (unpaired) electrons. The first-order valence-corrected chi connectivity index (χ1v) is 12.5. The smallest absolute Gasteiger partial charge is 0.337 e. The highest BCUT2D eigenvalue weighted by Crippen LogP contribution is 2.61. The monoisotopic (exact) mass is 495 g/mol. The summed E-state index contributed by atoms with van der Waals surface area (Å²) in [5.74, 6) is -1.35. The van der Waals surface area contributed by atoms with Gasteiger partial charge in [0.1, 0.15) is 12.6 Å². The Kier molecular flexibility index (Phi) is 8.20. The molecule has 34 heavy (non-hydrogen) atoms. The number of amides is 1. The summed E-state index contributed by atoms with van der Waals surface area (Å²) in [5.41, 5.74) is 0.594.